The summed E-state index contributed by atoms with van der Waals surface area (Å²) >= 11 is 0. The van der Waals surface area contributed by atoms with Gasteiger partial charge in [0.15, 0.2) is 0 Å². The lowest BCUT2D eigenvalue weighted by Gasteiger charge is -2.19. The number of hydrogen-bond acceptors (Lipinski definition) is 4. The SMILES string of the molecule is CC(C)(C)OC(=O)CCCc1ncc(-c2ccc(C#N)c(F)c2)[nH]1. The van der Waals surface area contributed by atoms with Crippen molar-refractivity contribution in [1.82, 2.24) is 9.97 Å². The van der Waals surface area contributed by atoms with E-state index in [0.29, 0.717) is 30.5 Å². The smallest absolute Gasteiger partial charge is 0.306 e. The van der Waals surface area contributed by atoms with Gasteiger partial charge in [-0.15, -0.1) is 0 Å². The standard InChI is InChI=1S/C18H20FN3O2/c1-18(2,3)24-17(23)6-4-5-16-21-11-15(22-16)12-7-8-13(10-20)14(19)9-12/h7-9,11H,4-6H2,1-3H3,(H,21,22). The molecule has 0 saturated carbocycles. The van der Waals surface area contributed by atoms with Crippen LogP contribution in [0.4, 0.5) is 4.39 Å². The number of aromatic amines is 1. The van der Waals surface area contributed by atoms with Gasteiger partial charge in [-0.1, -0.05) is 6.07 Å². The quantitative estimate of drug-likeness (QED) is 0.847. The van der Waals surface area contributed by atoms with Gasteiger partial charge in [-0.25, -0.2) is 9.37 Å². The number of benzene rings is 1. The first kappa shape index (κ1) is 17.7. The summed E-state index contributed by atoms with van der Waals surface area (Å²) in [5, 5.41) is 8.75. The maximum Gasteiger partial charge on any atom is 0.306 e. The van der Waals surface area contributed by atoms with Crippen LogP contribution in [0.3, 0.4) is 0 Å². The van der Waals surface area contributed by atoms with Crippen molar-refractivity contribution in [3.05, 3.63) is 41.6 Å². The number of esters is 1. The Kier molecular flexibility index (Phi) is 5.35. The average Bonchev–Trinajstić information content (AvgIpc) is 2.94. The van der Waals surface area contributed by atoms with Crippen molar-refractivity contribution in [2.24, 2.45) is 0 Å². The summed E-state index contributed by atoms with van der Waals surface area (Å²) in [6.07, 6.45) is 3.14. The number of ether oxygens (including phenoxy) is 1. The Bertz CT molecular complexity index is 769. The maximum atomic E-state index is 13.7. The molecular formula is C18H20FN3O2. The molecule has 24 heavy (non-hydrogen) atoms. The van der Waals surface area contributed by atoms with Crippen molar-refractivity contribution < 1.29 is 13.9 Å². The van der Waals surface area contributed by atoms with E-state index in [1.54, 1.807) is 18.3 Å². The Labute approximate surface area is 140 Å². The fraction of sp³-hybridized carbons (Fsp3) is 0.389. The number of nitrogens with one attached hydrogen (secondary N) is 1. The number of aryl methyl sites for hydroxylation is 1. The van der Waals surface area contributed by atoms with Crippen molar-refractivity contribution in [2.45, 2.75) is 45.6 Å². The number of aromatic nitrogens is 2. The van der Waals surface area contributed by atoms with E-state index in [1.165, 1.54) is 12.1 Å². The molecule has 0 unspecified atom stereocenters. The van der Waals surface area contributed by atoms with Gasteiger partial charge >= 0.3 is 5.97 Å². The van der Waals surface area contributed by atoms with Crippen molar-refractivity contribution in [3.8, 4) is 17.3 Å². The van der Waals surface area contributed by atoms with Crippen LogP contribution in [-0.2, 0) is 16.0 Å². The van der Waals surface area contributed by atoms with E-state index >= 15 is 0 Å². The maximum absolute atomic E-state index is 13.7. The van der Waals surface area contributed by atoms with E-state index in [4.69, 9.17) is 10.00 Å². The van der Waals surface area contributed by atoms with E-state index in [2.05, 4.69) is 9.97 Å². The zero-order valence-electron chi connectivity index (χ0n) is 14.0. The van der Waals surface area contributed by atoms with Crippen LogP contribution in [-0.4, -0.2) is 21.5 Å². The molecule has 0 aliphatic heterocycles. The zero-order chi connectivity index (χ0) is 17.7. The summed E-state index contributed by atoms with van der Waals surface area (Å²) in [5.41, 5.74) is 0.827. The molecule has 2 rings (SSSR count). The van der Waals surface area contributed by atoms with E-state index < -0.39 is 11.4 Å². The number of halogens is 1. The van der Waals surface area contributed by atoms with Gasteiger partial charge in [0.25, 0.3) is 0 Å². The van der Waals surface area contributed by atoms with Crippen LogP contribution >= 0.6 is 0 Å². The van der Waals surface area contributed by atoms with E-state index in [0.717, 1.165) is 5.82 Å². The molecule has 0 bridgehead atoms. The number of hydrogen-bond donors (Lipinski definition) is 1. The van der Waals surface area contributed by atoms with Crippen LogP contribution in [0.25, 0.3) is 11.3 Å². The predicted octanol–water partition coefficient (Wildman–Crippen LogP) is 3.75. The highest BCUT2D eigenvalue weighted by molar-refractivity contribution is 5.69. The highest BCUT2D eigenvalue weighted by atomic mass is 19.1. The fourth-order valence-electron chi connectivity index (χ4n) is 2.20. The second-order valence-electron chi connectivity index (χ2n) is 6.49. The summed E-state index contributed by atoms with van der Waals surface area (Å²) in [4.78, 5) is 19.0. The minimum Gasteiger partial charge on any atom is -0.460 e. The molecule has 1 N–H and O–H groups in total. The van der Waals surface area contributed by atoms with Crippen molar-refractivity contribution in [2.75, 3.05) is 0 Å². The van der Waals surface area contributed by atoms with Gasteiger partial charge in [0, 0.05) is 18.4 Å². The normalized spacial score (nSPS) is 11.1. The van der Waals surface area contributed by atoms with Crippen molar-refractivity contribution >= 4 is 5.97 Å². The Balaban J connectivity index is 1.93. The topological polar surface area (TPSA) is 78.8 Å². The number of rotatable bonds is 5. The molecule has 126 valence electrons. The first-order valence-corrected chi connectivity index (χ1v) is 7.74. The molecule has 5 nitrogen and oxygen atoms in total. The van der Waals surface area contributed by atoms with Gasteiger partial charge < -0.3 is 9.72 Å². The van der Waals surface area contributed by atoms with Gasteiger partial charge in [-0.3, -0.25) is 4.79 Å². The molecule has 0 spiro atoms. The molecular weight excluding hydrogens is 309 g/mol. The molecule has 0 fully saturated rings. The van der Waals surface area contributed by atoms with Gasteiger partial charge in [0.1, 0.15) is 23.3 Å². The molecule has 0 saturated heterocycles. The first-order chi connectivity index (χ1) is 11.3. The summed E-state index contributed by atoms with van der Waals surface area (Å²) in [6.45, 7) is 5.50. The second-order valence-corrected chi connectivity index (χ2v) is 6.49. The first-order valence-electron chi connectivity index (χ1n) is 7.74. The molecule has 1 aromatic carbocycles. The van der Waals surface area contributed by atoms with Crippen molar-refractivity contribution in [1.29, 1.82) is 5.26 Å². The van der Waals surface area contributed by atoms with Gasteiger partial charge in [0.05, 0.1) is 17.5 Å². The molecule has 1 heterocycles. The average molecular weight is 329 g/mol. The lowest BCUT2D eigenvalue weighted by molar-refractivity contribution is -0.154. The zero-order valence-corrected chi connectivity index (χ0v) is 14.0. The molecule has 0 radical (unpaired) electrons. The van der Waals surface area contributed by atoms with E-state index in [1.807, 2.05) is 20.8 Å². The predicted molar refractivity (Wildman–Crippen MR) is 87.5 cm³/mol. The molecule has 6 heteroatoms. The number of H-pyrrole nitrogens is 1. The number of nitrogens with zero attached hydrogens (tertiary/aromatic N) is 2. The number of carbonyl (C=O) groups is 1. The van der Waals surface area contributed by atoms with E-state index in [9.17, 15) is 9.18 Å². The third kappa shape index (κ3) is 4.92. The molecule has 0 atom stereocenters. The van der Waals surface area contributed by atoms with Crippen LogP contribution in [0.1, 0.15) is 45.0 Å². The van der Waals surface area contributed by atoms with Gasteiger partial charge in [-0.05, 0) is 39.3 Å². The molecule has 1 aromatic heterocycles. The summed E-state index contributed by atoms with van der Waals surface area (Å²) in [5.74, 6) is -0.0714. The third-order valence-electron chi connectivity index (χ3n) is 3.24. The van der Waals surface area contributed by atoms with Crippen molar-refractivity contribution in [3.63, 3.8) is 0 Å². The van der Waals surface area contributed by atoms with Gasteiger partial charge in [-0.2, -0.15) is 5.26 Å². The lowest BCUT2D eigenvalue weighted by atomic mass is 10.1. The monoisotopic (exact) mass is 329 g/mol. The van der Waals surface area contributed by atoms with E-state index in [-0.39, 0.29) is 11.5 Å². The fourth-order valence-corrected chi connectivity index (χ4v) is 2.20. The number of imidazole rings is 1. The molecule has 2 aromatic rings. The minimum absolute atomic E-state index is 0.0100. The Hall–Kier alpha value is -2.68. The van der Waals surface area contributed by atoms with Crippen LogP contribution in [0.2, 0.25) is 0 Å². The highest BCUT2D eigenvalue weighted by Crippen LogP contribution is 2.20. The Morgan fingerprint density at radius 2 is 2.17 bits per heavy atom. The largest absolute Gasteiger partial charge is 0.460 e. The summed E-state index contributed by atoms with van der Waals surface area (Å²) < 4.78 is 18.9. The second kappa shape index (κ2) is 7.26. The van der Waals surface area contributed by atoms with Crippen LogP contribution < -0.4 is 0 Å². The molecule has 0 aliphatic carbocycles. The lowest BCUT2D eigenvalue weighted by Crippen LogP contribution is -2.23. The Morgan fingerprint density at radius 1 is 1.42 bits per heavy atom. The molecule has 0 amide bonds. The third-order valence-corrected chi connectivity index (χ3v) is 3.24. The summed E-state index contributed by atoms with van der Waals surface area (Å²) in [6, 6.07) is 6.20. The number of nitriles is 1. The van der Waals surface area contributed by atoms with Crippen LogP contribution in [0.15, 0.2) is 24.4 Å². The van der Waals surface area contributed by atoms with Crippen LogP contribution in [0, 0.1) is 17.1 Å². The highest BCUT2D eigenvalue weighted by Gasteiger charge is 2.16. The number of carbonyl (C=O) groups excluding carboxylic acids is 1. The summed E-state index contributed by atoms with van der Waals surface area (Å²) in [7, 11) is 0. The van der Waals surface area contributed by atoms with Gasteiger partial charge in [0.2, 0.25) is 0 Å². The van der Waals surface area contributed by atoms with Crippen LogP contribution in [0.5, 0.6) is 0 Å². The minimum atomic E-state index is -0.559. The Morgan fingerprint density at radius 3 is 2.79 bits per heavy atom. The molecule has 0 aliphatic rings.